The molecular weight excluding hydrogens is 238 g/mol. The van der Waals surface area contributed by atoms with Crippen molar-refractivity contribution < 1.29 is 4.79 Å². The van der Waals surface area contributed by atoms with E-state index < -0.39 is 0 Å². The van der Waals surface area contributed by atoms with Gasteiger partial charge < -0.3 is 5.32 Å². The summed E-state index contributed by atoms with van der Waals surface area (Å²) in [6.45, 7) is 2.85. The maximum Gasteiger partial charge on any atom is 0.327 e. The number of nitrogens with one attached hydrogen (secondary N) is 1. The summed E-state index contributed by atoms with van der Waals surface area (Å²) >= 11 is 0. The molecule has 0 aliphatic carbocycles. The SMILES string of the molecule is CNC(=O)N(C1=NCCCCC1)c1ccc(C)cc1. The van der Waals surface area contributed by atoms with E-state index in [9.17, 15) is 4.79 Å². The number of hydrogen-bond donors (Lipinski definition) is 1. The van der Waals surface area contributed by atoms with E-state index in [2.05, 4.69) is 10.3 Å². The van der Waals surface area contributed by atoms with Gasteiger partial charge in [-0.15, -0.1) is 0 Å². The second kappa shape index (κ2) is 6.36. The summed E-state index contributed by atoms with van der Waals surface area (Å²) in [5.41, 5.74) is 2.06. The molecule has 2 rings (SSSR count). The number of benzene rings is 1. The molecule has 0 aromatic heterocycles. The predicted molar refractivity (Wildman–Crippen MR) is 78.9 cm³/mol. The molecule has 0 spiro atoms. The zero-order chi connectivity index (χ0) is 13.7. The molecule has 1 heterocycles. The third-order valence-corrected chi connectivity index (χ3v) is 3.32. The van der Waals surface area contributed by atoms with Crippen molar-refractivity contribution in [3.8, 4) is 0 Å². The van der Waals surface area contributed by atoms with Crippen LogP contribution in [0.25, 0.3) is 0 Å². The van der Waals surface area contributed by atoms with Crippen molar-refractivity contribution >= 4 is 17.6 Å². The van der Waals surface area contributed by atoms with Crippen molar-refractivity contribution in [3.05, 3.63) is 29.8 Å². The fourth-order valence-electron chi connectivity index (χ4n) is 2.23. The summed E-state index contributed by atoms with van der Waals surface area (Å²) in [6.07, 6.45) is 4.25. The Morgan fingerprint density at radius 2 is 1.95 bits per heavy atom. The van der Waals surface area contributed by atoms with E-state index in [1.165, 1.54) is 12.0 Å². The number of amides is 2. The van der Waals surface area contributed by atoms with Crippen LogP contribution in [-0.2, 0) is 0 Å². The van der Waals surface area contributed by atoms with Crippen LogP contribution >= 0.6 is 0 Å². The molecule has 0 bridgehead atoms. The minimum Gasteiger partial charge on any atom is -0.340 e. The van der Waals surface area contributed by atoms with Gasteiger partial charge in [0.1, 0.15) is 5.84 Å². The second-order valence-electron chi connectivity index (χ2n) is 4.83. The number of carbonyl (C=O) groups is 1. The summed E-state index contributed by atoms with van der Waals surface area (Å²) in [7, 11) is 1.65. The molecule has 102 valence electrons. The Hall–Kier alpha value is -1.84. The number of amidine groups is 1. The van der Waals surface area contributed by atoms with E-state index in [4.69, 9.17) is 0 Å². The van der Waals surface area contributed by atoms with Gasteiger partial charge in [-0.25, -0.2) is 4.79 Å². The summed E-state index contributed by atoms with van der Waals surface area (Å²) in [4.78, 5) is 18.4. The van der Waals surface area contributed by atoms with Gasteiger partial charge in [-0.3, -0.25) is 9.89 Å². The third-order valence-electron chi connectivity index (χ3n) is 3.32. The molecule has 0 fully saturated rings. The molecule has 0 radical (unpaired) electrons. The molecule has 0 atom stereocenters. The van der Waals surface area contributed by atoms with Gasteiger partial charge in [0.25, 0.3) is 0 Å². The van der Waals surface area contributed by atoms with Crippen molar-refractivity contribution in [2.45, 2.75) is 32.6 Å². The highest BCUT2D eigenvalue weighted by molar-refractivity contribution is 6.16. The molecule has 0 saturated carbocycles. The maximum atomic E-state index is 12.1. The van der Waals surface area contributed by atoms with Crippen molar-refractivity contribution in [2.24, 2.45) is 4.99 Å². The highest BCUT2D eigenvalue weighted by Gasteiger charge is 2.21. The lowest BCUT2D eigenvalue weighted by molar-refractivity contribution is 0.251. The quantitative estimate of drug-likeness (QED) is 0.827. The molecule has 4 heteroatoms. The standard InChI is InChI=1S/C15H21N3O/c1-12-7-9-13(10-8-12)18(15(19)16-2)14-6-4-3-5-11-17-14/h7-10H,3-6,11H2,1-2H3,(H,16,19). The highest BCUT2D eigenvalue weighted by Crippen LogP contribution is 2.20. The molecule has 1 aromatic carbocycles. The monoisotopic (exact) mass is 259 g/mol. The summed E-state index contributed by atoms with van der Waals surface area (Å²) < 4.78 is 0. The normalized spacial score (nSPS) is 15.4. The maximum absolute atomic E-state index is 12.1. The first-order valence-corrected chi connectivity index (χ1v) is 6.84. The summed E-state index contributed by atoms with van der Waals surface area (Å²) in [5, 5.41) is 2.70. The Morgan fingerprint density at radius 1 is 1.21 bits per heavy atom. The zero-order valence-corrected chi connectivity index (χ0v) is 11.6. The van der Waals surface area contributed by atoms with Gasteiger partial charge in [-0.1, -0.05) is 24.1 Å². The first kappa shape index (κ1) is 13.6. The minimum atomic E-state index is -0.121. The molecule has 1 N–H and O–H groups in total. The van der Waals surface area contributed by atoms with Crippen LogP contribution in [-0.4, -0.2) is 25.5 Å². The Kier molecular flexibility index (Phi) is 4.55. The fourth-order valence-corrected chi connectivity index (χ4v) is 2.23. The van der Waals surface area contributed by atoms with Gasteiger partial charge in [-0.05, 0) is 31.9 Å². The van der Waals surface area contributed by atoms with Gasteiger partial charge in [0, 0.05) is 20.0 Å². The van der Waals surface area contributed by atoms with E-state index in [1.807, 2.05) is 31.2 Å². The van der Waals surface area contributed by atoms with E-state index in [1.54, 1.807) is 11.9 Å². The molecule has 1 aliphatic heterocycles. The van der Waals surface area contributed by atoms with Gasteiger partial charge >= 0.3 is 6.03 Å². The first-order chi connectivity index (χ1) is 9.22. The smallest absolute Gasteiger partial charge is 0.327 e. The zero-order valence-electron chi connectivity index (χ0n) is 11.6. The third kappa shape index (κ3) is 3.34. The number of nitrogens with zero attached hydrogens (tertiary/aromatic N) is 2. The number of urea groups is 1. The van der Waals surface area contributed by atoms with Crippen molar-refractivity contribution in [1.29, 1.82) is 0 Å². The lowest BCUT2D eigenvalue weighted by atomic mass is 10.1. The molecule has 4 nitrogen and oxygen atoms in total. The van der Waals surface area contributed by atoms with E-state index in [-0.39, 0.29) is 6.03 Å². The molecule has 0 saturated heterocycles. The molecule has 19 heavy (non-hydrogen) atoms. The van der Waals surface area contributed by atoms with Crippen LogP contribution in [0.5, 0.6) is 0 Å². The Labute approximate surface area is 114 Å². The number of aliphatic imine (C=N–C) groups is 1. The molecular formula is C15H21N3O. The van der Waals surface area contributed by atoms with Crippen molar-refractivity contribution in [2.75, 3.05) is 18.5 Å². The number of rotatable bonds is 1. The summed E-state index contributed by atoms with van der Waals surface area (Å²) in [6, 6.07) is 7.85. The van der Waals surface area contributed by atoms with E-state index in [0.29, 0.717) is 0 Å². The van der Waals surface area contributed by atoms with Crippen molar-refractivity contribution in [1.82, 2.24) is 5.32 Å². The fraction of sp³-hybridized carbons (Fsp3) is 0.467. The number of anilines is 1. The molecule has 1 aliphatic rings. The first-order valence-electron chi connectivity index (χ1n) is 6.84. The van der Waals surface area contributed by atoms with Crippen LogP contribution in [0.2, 0.25) is 0 Å². The average Bonchev–Trinajstić information content (AvgIpc) is 2.70. The van der Waals surface area contributed by atoms with Gasteiger partial charge in [-0.2, -0.15) is 0 Å². The van der Waals surface area contributed by atoms with Crippen LogP contribution in [0.1, 0.15) is 31.2 Å². The lowest BCUT2D eigenvalue weighted by Gasteiger charge is -2.23. The van der Waals surface area contributed by atoms with Crippen LogP contribution in [0, 0.1) is 6.92 Å². The minimum absolute atomic E-state index is 0.121. The van der Waals surface area contributed by atoms with Crippen molar-refractivity contribution in [3.63, 3.8) is 0 Å². The number of carbonyl (C=O) groups excluding carboxylic acids is 1. The Balaban J connectivity index is 2.32. The second-order valence-corrected chi connectivity index (χ2v) is 4.83. The Bertz CT molecular complexity index is 465. The van der Waals surface area contributed by atoms with Crippen LogP contribution < -0.4 is 10.2 Å². The van der Waals surface area contributed by atoms with E-state index in [0.717, 1.165) is 37.3 Å². The topological polar surface area (TPSA) is 44.7 Å². The van der Waals surface area contributed by atoms with Crippen LogP contribution in [0.15, 0.2) is 29.3 Å². The lowest BCUT2D eigenvalue weighted by Crippen LogP contribution is -2.42. The van der Waals surface area contributed by atoms with Gasteiger partial charge in [0.15, 0.2) is 0 Å². The number of aryl methyl sites for hydroxylation is 1. The van der Waals surface area contributed by atoms with Gasteiger partial charge in [0.2, 0.25) is 0 Å². The molecule has 1 aromatic rings. The molecule has 0 unspecified atom stereocenters. The highest BCUT2D eigenvalue weighted by atomic mass is 16.2. The summed E-state index contributed by atoms with van der Waals surface area (Å²) in [5.74, 6) is 0.876. The number of hydrogen-bond acceptors (Lipinski definition) is 2. The molecule has 2 amide bonds. The predicted octanol–water partition coefficient (Wildman–Crippen LogP) is 3.11. The Morgan fingerprint density at radius 3 is 2.63 bits per heavy atom. The largest absolute Gasteiger partial charge is 0.340 e. The van der Waals surface area contributed by atoms with Crippen LogP contribution in [0.3, 0.4) is 0 Å². The van der Waals surface area contributed by atoms with Gasteiger partial charge in [0.05, 0.1) is 5.69 Å². The average molecular weight is 259 g/mol. The van der Waals surface area contributed by atoms with Crippen LogP contribution in [0.4, 0.5) is 10.5 Å². The van der Waals surface area contributed by atoms with E-state index >= 15 is 0 Å².